The lowest BCUT2D eigenvalue weighted by Crippen LogP contribution is -2.40. The van der Waals surface area contributed by atoms with Gasteiger partial charge in [0.1, 0.15) is 18.0 Å². The SMILES string of the molecule is O=C(c1ccccc1OCc1ccc2cc[nH]c2n1)N1CCOCC1.O=CO. The van der Waals surface area contributed by atoms with E-state index in [1.54, 1.807) is 11.0 Å². The second-order valence-corrected chi connectivity index (χ2v) is 6.01. The van der Waals surface area contributed by atoms with Crippen LogP contribution in [0.25, 0.3) is 11.0 Å². The third kappa shape index (κ3) is 4.66. The normalized spacial score (nSPS) is 13.5. The van der Waals surface area contributed by atoms with Gasteiger partial charge in [-0.3, -0.25) is 9.59 Å². The van der Waals surface area contributed by atoms with Gasteiger partial charge in [0.05, 0.1) is 24.5 Å². The number of morpholine rings is 1. The van der Waals surface area contributed by atoms with E-state index in [0.717, 1.165) is 16.7 Å². The molecule has 3 aromatic rings. The van der Waals surface area contributed by atoms with Gasteiger partial charge in [0.25, 0.3) is 12.4 Å². The van der Waals surface area contributed by atoms with Crippen molar-refractivity contribution in [2.45, 2.75) is 6.61 Å². The molecule has 0 radical (unpaired) electrons. The predicted octanol–water partition coefficient (Wildman–Crippen LogP) is 2.32. The first-order valence-corrected chi connectivity index (χ1v) is 8.82. The molecule has 1 fully saturated rings. The van der Waals surface area contributed by atoms with E-state index in [9.17, 15) is 4.79 Å². The summed E-state index contributed by atoms with van der Waals surface area (Å²) in [5.41, 5.74) is 2.22. The number of fused-ring (bicyclic) bond motifs is 1. The fourth-order valence-electron chi connectivity index (χ4n) is 2.91. The molecule has 1 aliphatic heterocycles. The first-order chi connectivity index (χ1) is 13.7. The second kappa shape index (κ2) is 9.52. The number of nitrogens with one attached hydrogen (secondary N) is 1. The molecule has 8 heteroatoms. The Bertz CT molecular complexity index is 934. The van der Waals surface area contributed by atoms with Crippen molar-refractivity contribution in [3.8, 4) is 5.75 Å². The van der Waals surface area contributed by atoms with Gasteiger partial charge in [-0.15, -0.1) is 0 Å². The Morgan fingerprint density at radius 1 is 1.21 bits per heavy atom. The highest BCUT2D eigenvalue weighted by molar-refractivity contribution is 5.97. The van der Waals surface area contributed by atoms with Gasteiger partial charge < -0.3 is 24.5 Å². The molecule has 8 nitrogen and oxygen atoms in total. The summed E-state index contributed by atoms with van der Waals surface area (Å²) in [6, 6.07) is 13.3. The second-order valence-electron chi connectivity index (χ2n) is 6.01. The number of amides is 1. The predicted molar refractivity (Wildman–Crippen MR) is 102 cm³/mol. The number of H-pyrrole nitrogens is 1. The number of carboxylic acid groups (broad SMARTS) is 1. The fourth-order valence-corrected chi connectivity index (χ4v) is 2.91. The average molecular weight is 383 g/mol. The summed E-state index contributed by atoms with van der Waals surface area (Å²) in [5.74, 6) is 0.555. The van der Waals surface area contributed by atoms with Gasteiger partial charge in [-0.1, -0.05) is 12.1 Å². The van der Waals surface area contributed by atoms with Crippen LogP contribution in [-0.4, -0.2) is 58.7 Å². The zero-order valence-electron chi connectivity index (χ0n) is 15.2. The Kier molecular flexibility index (Phi) is 6.59. The molecule has 0 spiro atoms. The fraction of sp³-hybridized carbons (Fsp3) is 0.250. The molecule has 1 aliphatic rings. The van der Waals surface area contributed by atoms with Gasteiger partial charge in [0.2, 0.25) is 0 Å². The number of carbonyl (C=O) groups is 2. The number of benzene rings is 1. The number of para-hydroxylation sites is 1. The van der Waals surface area contributed by atoms with E-state index in [2.05, 4.69) is 9.97 Å². The lowest BCUT2D eigenvalue weighted by atomic mass is 10.1. The number of aromatic nitrogens is 2. The van der Waals surface area contributed by atoms with Crippen LogP contribution < -0.4 is 4.74 Å². The molecule has 2 N–H and O–H groups in total. The molecule has 3 heterocycles. The quantitative estimate of drug-likeness (QED) is 0.670. The van der Waals surface area contributed by atoms with Gasteiger partial charge in [0, 0.05) is 24.7 Å². The maximum Gasteiger partial charge on any atom is 0.290 e. The molecule has 0 unspecified atom stereocenters. The van der Waals surface area contributed by atoms with Crippen LogP contribution in [0.5, 0.6) is 5.75 Å². The minimum atomic E-state index is -0.250. The van der Waals surface area contributed by atoms with Crippen LogP contribution in [0.1, 0.15) is 16.1 Å². The van der Waals surface area contributed by atoms with E-state index in [1.807, 2.05) is 42.6 Å². The Morgan fingerprint density at radius 3 is 2.75 bits per heavy atom. The minimum absolute atomic E-state index is 0.0216. The summed E-state index contributed by atoms with van der Waals surface area (Å²) in [6.07, 6.45) is 1.86. The van der Waals surface area contributed by atoms with Gasteiger partial charge in [-0.05, 0) is 30.3 Å². The van der Waals surface area contributed by atoms with Gasteiger partial charge in [0.15, 0.2) is 0 Å². The molecular weight excluding hydrogens is 362 g/mol. The summed E-state index contributed by atoms with van der Waals surface area (Å²) < 4.78 is 11.2. The van der Waals surface area contributed by atoms with E-state index in [-0.39, 0.29) is 12.4 Å². The van der Waals surface area contributed by atoms with Crippen molar-refractivity contribution < 1.29 is 24.2 Å². The number of ether oxygens (including phenoxy) is 2. The summed E-state index contributed by atoms with van der Waals surface area (Å²) >= 11 is 0. The van der Waals surface area contributed by atoms with E-state index < -0.39 is 0 Å². The van der Waals surface area contributed by atoms with Crippen LogP contribution in [-0.2, 0) is 16.1 Å². The molecule has 1 saturated heterocycles. The summed E-state index contributed by atoms with van der Waals surface area (Å²) in [7, 11) is 0. The standard InChI is InChI=1S/C19H19N3O3.CH2O2/c23-19(22-9-11-24-12-10-22)16-3-1-2-4-17(16)25-13-15-6-5-14-7-8-20-18(14)21-15;2-1-3/h1-8H,9-13H2,(H,20,21);1H,(H,2,3). The number of rotatable bonds is 4. The number of hydrogen-bond acceptors (Lipinski definition) is 5. The van der Waals surface area contributed by atoms with Crippen LogP contribution in [0.3, 0.4) is 0 Å². The van der Waals surface area contributed by atoms with Crippen LogP contribution >= 0.6 is 0 Å². The Labute approximate surface area is 161 Å². The highest BCUT2D eigenvalue weighted by atomic mass is 16.5. The van der Waals surface area contributed by atoms with Crippen LogP contribution in [0.2, 0.25) is 0 Å². The summed E-state index contributed by atoms with van der Waals surface area (Å²) in [6.45, 7) is 2.43. The molecular formula is C20H21N3O5. The molecule has 28 heavy (non-hydrogen) atoms. The largest absolute Gasteiger partial charge is 0.486 e. The van der Waals surface area contributed by atoms with Gasteiger partial charge in [-0.25, -0.2) is 4.98 Å². The molecule has 1 aromatic carbocycles. The van der Waals surface area contributed by atoms with Crippen molar-refractivity contribution in [3.05, 3.63) is 59.9 Å². The third-order valence-corrected chi connectivity index (χ3v) is 4.26. The number of hydrogen-bond donors (Lipinski definition) is 2. The summed E-state index contributed by atoms with van der Waals surface area (Å²) in [4.78, 5) is 30.5. The Hall–Kier alpha value is -3.39. The Morgan fingerprint density at radius 2 is 1.96 bits per heavy atom. The lowest BCUT2D eigenvalue weighted by Gasteiger charge is -2.27. The van der Waals surface area contributed by atoms with Crippen molar-refractivity contribution in [2.24, 2.45) is 0 Å². The molecule has 0 saturated carbocycles. The Balaban J connectivity index is 0.000000706. The topological polar surface area (TPSA) is 105 Å². The van der Waals surface area contributed by atoms with Crippen molar-refractivity contribution >= 4 is 23.4 Å². The zero-order chi connectivity index (χ0) is 19.8. The number of pyridine rings is 1. The van der Waals surface area contributed by atoms with Crippen molar-refractivity contribution in [1.82, 2.24) is 14.9 Å². The maximum atomic E-state index is 12.7. The van der Waals surface area contributed by atoms with E-state index in [1.165, 1.54) is 0 Å². The lowest BCUT2D eigenvalue weighted by molar-refractivity contribution is -0.122. The van der Waals surface area contributed by atoms with Crippen LogP contribution in [0, 0.1) is 0 Å². The summed E-state index contributed by atoms with van der Waals surface area (Å²) in [5, 5.41) is 7.95. The van der Waals surface area contributed by atoms with Crippen molar-refractivity contribution in [1.29, 1.82) is 0 Å². The number of aromatic amines is 1. The smallest absolute Gasteiger partial charge is 0.290 e. The zero-order valence-corrected chi connectivity index (χ0v) is 15.2. The van der Waals surface area contributed by atoms with E-state index >= 15 is 0 Å². The first kappa shape index (κ1) is 19.4. The first-order valence-electron chi connectivity index (χ1n) is 8.82. The number of carbonyl (C=O) groups excluding carboxylic acids is 1. The third-order valence-electron chi connectivity index (χ3n) is 4.26. The molecule has 0 atom stereocenters. The van der Waals surface area contributed by atoms with E-state index in [0.29, 0.717) is 44.2 Å². The molecule has 1 amide bonds. The monoisotopic (exact) mass is 383 g/mol. The van der Waals surface area contributed by atoms with Gasteiger partial charge in [-0.2, -0.15) is 0 Å². The van der Waals surface area contributed by atoms with E-state index in [4.69, 9.17) is 19.4 Å². The van der Waals surface area contributed by atoms with Crippen molar-refractivity contribution in [3.63, 3.8) is 0 Å². The highest BCUT2D eigenvalue weighted by Gasteiger charge is 2.21. The maximum absolute atomic E-state index is 12.7. The van der Waals surface area contributed by atoms with Crippen LogP contribution in [0.15, 0.2) is 48.7 Å². The number of nitrogens with zero attached hydrogens (tertiary/aromatic N) is 2. The van der Waals surface area contributed by atoms with Gasteiger partial charge >= 0.3 is 0 Å². The molecule has 0 bridgehead atoms. The minimum Gasteiger partial charge on any atom is -0.486 e. The van der Waals surface area contributed by atoms with Crippen LogP contribution in [0.4, 0.5) is 0 Å². The molecule has 2 aromatic heterocycles. The molecule has 0 aliphatic carbocycles. The van der Waals surface area contributed by atoms with Crippen molar-refractivity contribution in [2.75, 3.05) is 26.3 Å². The molecule has 146 valence electrons. The highest BCUT2D eigenvalue weighted by Crippen LogP contribution is 2.22. The molecule has 4 rings (SSSR count). The average Bonchev–Trinajstić information content (AvgIpc) is 3.21.